The highest BCUT2D eigenvalue weighted by atomic mass is 32.3. The van der Waals surface area contributed by atoms with E-state index in [1.54, 1.807) is 0 Å². The van der Waals surface area contributed by atoms with Gasteiger partial charge in [0, 0.05) is 20.3 Å². The van der Waals surface area contributed by atoms with Gasteiger partial charge in [-0.05, 0) is 0 Å². The quantitative estimate of drug-likeness (QED) is 0.0732. The van der Waals surface area contributed by atoms with Crippen LogP contribution in [0.2, 0.25) is 0 Å². The van der Waals surface area contributed by atoms with E-state index in [9.17, 15) is 73.9 Å². The summed E-state index contributed by atoms with van der Waals surface area (Å²) in [6, 6.07) is -3.22. The second-order valence-electron chi connectivity index (χ2n) is 11.8. The van der Waals surface area contributed by atoms with Crippen molar-refractivity contribution in [2.75, 3.05) is 19.8 Å². The highest BCUT2D eigenvalue weighted by molar-refractivity contribution is 7.80. The molecule has 25 heteroatoms. The van der Waals surface area contributed by atoms with Crippen LogP contribution in [0.5, 0.6) is 0 Å². The van der Waals surface area contributed by atoms with Gasteiger partial charge in [0.2, 0.25) is 11.8 Å². The largest absolute Gasteiger partial charge is 0.477 e. The first-order valence-electron chi connectivity index (χ1n) is 14.8. The minimum absolute atomic E-state index is 0.754. The molecule has 13 N–H and O–H groups in total. The monoisotopic (exact) mass is 754 g/mol. The molecule has 16 atom stereocenters. The zero-order valence-electron chi connectivity index (χ0n) is 26.3. The lowest BCUT2D eigenvalue weighted by Crippen LogP contribution is -2.69. The van der Waals surface area contributed by atoms with Gasteiger partial charge in [0.15, 0.2) is 12.6 Å². The minimum atomic E-state index is -5.07. The van der Waals surface area contributed by atoms with Crippen LogP contribution in [0.3, 0.4) is 0 Å². The van der Waals surface area contributed by atoms with Gasteiger partial charge < -0.3 is 85.4 Å². The molecule has 0 unspecified atom stereocenters. The van der Waals surface area contributed by atoms with Crippen LogP contribution in [0, 0.1) is 0 Å². The van der Waals surface area contributed by atoms with Gasteiger partial charge in [-0.2, -0.15) is 8.42 Å². The van der Waals surface area contributed by atoms with Crippen molar-refractivity contribution in [2.45, 2.75) is 118 Å². The van der Waals surface area contributed by atoms with Gasteiger partial charge in [-0.25, -0.2) is 8.98 Å². The van der Waals surface area contributed by atoms with Gasteiger partial charge in [-0.15, -0.1) is 0 Å². The highest BCUT2D eigenvalue weighted by Gasteiger charge is 2.57. The molecule has 3 rings (SSSR count). The molecule has 24 nitrogen and oxygen atoms in total. The van der Waals surface area contributed by atoms with Crippen molar-refractivity contribution >= 4 is 28.2 Å². The molecule has 0 aromatic rings. The molecule has 0 bridgehead atoms. The van der Waals surface area contributed by atoms with Crippen LogP contribution in [-0.2, 0) is 52.7 Å². The Balaban J connectivity index is 1.88. The molecule has 0 aliphatic carbocycles. The molecule has 3 aliphatic rings. The number of carbonyl (C=O) groups is 3. The normalized spacial score (nSPS) is 40.8. The van der Waals surface area contributed by atoms with E-state index in [1.807, 2.05) is 0 Å². The summed E-state index contributed by atoms with van der Waals surface area (Å²) in [5.41, 5.74) is 0. The second kappa shape index (κ2) is 17.0. The number of nitrogens with one attached hydrogen (secondary N) is 2. The van der Waals surface area contributed by atoms with Crippen LogP contribution in [0.1, 0.15) is 20.3 Å². The van der Waals surface area contributed by atoms with E-state index in [4.69, 9.17) is 28.2 Å². The van der Waals surface area contributed by atoms with E-state index < -0.39 is 152 Å². The van der Waals surface area contributed by atoms with Crippen molar-refractivity contribution < 1.29 is 106 Å². The zero-order valence-corrected chi connectivity index (χ0v) is 27.1. The van der Waals surface area contributed by atoms with E-state index >= 15 is 0 Å². The Bertz CT molecular complexity index is 1290. The molecular formula is C25H42N2O22S. The molecule has 290 valence electrons. The van der Waals surface area contributed by atoms with Crippen molar-refractivity contribution in [3.63, 3.8) is 0 Å². The maximum absolute atomic E-state index is 12.5. The van der Waals surface area contributed by atoms with Crippen LogP contribution >= 0.6 is 0 Å². The molecule has 0 saturated carbocycles. The number of rotatable bonds is 14. The van der Waals surface area contributed by atoms with Crippen LogP contribution in [0.25, 0.3) is 0 Å². The Hall–Kier alpha value is -2.28. The molecule has 2 amide bonds. The summed E-state index contributed by atoms with van der Waals surface area (Å²) >= 11 is 0. The Morgan fingerprint density at radius 3 is 2.00 bits per heavy atom. The molecule has 0 radical (unpaired) electrons. The summed E-state index contributed by atoms with van der Waals surface area (Å²) in [4.78, 5) is 36.2. The molecule has 3 heterocycles. The van der Waals surface area contributed by atoms with Gasteiger partial charge in [0.25, 0.3) is 5.79 Å². The lowest BCUT2D eigenvalue weighted by molar-refractivity contribution is -0.351. The first-order valence-corrected chi connectivity index (χ1v) is 16.2. The van der Waals surface area contributed by atoms with E-state index in [0.29, 0.717) is 0 Å². The Morgan fingerprint density at radius 2 is 1.46 bits per heavy atom. The number of ether oxygens (including phenoxy) is 5. The van der Waals surface area contributed by atoms with Crippen LogP contribution in [0.4, 0.5) is 0 Å². The predicted octanol–water partition coefficient (Wildman–Crippen LogP) is -8.25. The van der Waals surface area contributed by atoms with Crippen LogP contribution < -0.4 is 10.6 Å². The van der Waals surface area contributed by atoms with E-state index in [0.717, 1.165) is 13.8 Å². The highest BCUT2D eigenvalue weighted by Crippen LogP contribution is 2.35. The van der Waals surface area contributed by atoms with E-state index in [1.165, 1.54) is 0 Å². The zero-order chi connectivity index (χ0) is 37.9. The molecule has 3 aliphatic heterocycles. The number of hydrogen-bond donors (Lipinski definition) is 13. The predicted molar refractivity (Wildman–Crippen MR) is 152 cm³/mol. The fraction of sp³-hybridized carbons (Fsp3) is 0.880. The molecule has 3 saturated heterocycles. The van der Waals surface area contributed by atoms with E-state index in [2.05, 4.69) is 14.8 Å². The van der Waals surface area contributed by atoms with Crippen molar-refractivity contribution in [3.05, 3.63) is 0 Å². The summed E-state index contributed by atoms with van der Waals surface area (Å²) in [6.07, 6.45) is -26.7. The van der Waals surface area contributed by atoms with Gasteiger partial charge in [-0.3, -0.25) is 14.1 Å². The van der Waals surface area contributed by atoms with E-state index in [-0.39, 0.29) is 0 Å². The summed E-state index contributed by atoms with van der Waals surface area (Å²) in [7, 11) is -5.07. The first-order chi connectivity index (χ1) is 23.1. The van der Waals surface area contributed by atoms with Gasteiger partial charge in [0.05, 0.1) is 32.0 Å². The van der Waals surface area contributed by atoms with Crippen molar-refractivity contribution in [1.82, 2.24) is 10.6 Å². The molecule has 0 spiro atoms. The second-order valence-corrected chi connectivity index (χ2v) is 12.9. The summed E-state index contributed by atoms with van der Waals surface area (Å²) in [5.74, 6) is -6.40. The van der Waals surface area contributed by atoms with Crippen molar-refractivity contribution in [1.29, 1.82) is 0 Å². The van der Waals surface area contributed by atoms with Crippen molar-refractivity contribution in [2.24, 2.45) is 0 Å². The third-order valence-electron chi connectivity index (χ3n) is 8.07. The first kappa shape index (κ1) is 42.1. The third kappa shape index (κ3) is 9.98. The van der Waals surface area contributed by atoms with Gasteiger partial charge >= 0.3 is 16.4 Å². The number of carboxylic acids is 1. The SMILES string of the molecule is CC(=O)N[C@@H]1[C@@H](O[C@@H]2O[C@H](COS(=O)(=O)O)[C@H](O)[C@H](O)[C@H]2O)[C@@H](O)[C@@H](CO[C@]2(C(=O)O)C[C@H](O)[C@@H](NC(C)=O)[C@H]([C@H](O)[C@H](O)CO)O2)O[C@H]1O. The lowest BCUT2D eigenvalue weighted by atomic mass is 9.88. The molecule has 0 aromatic heterocycles. The number of amides is 2. The maximum atomic E-state index is 12.5. The topological polar surface area (TPSA) is 387 Å². The Kier molecular flexibility index (Phi) is 14.4. The fourth-order valence-corrected chi connectivity index (χ4v) is 5.90. The average Bonchev–Trinajstić information content (AvgIpc) is 3.02. The number of hydrogen-bond acceptors (Lipinski definition) is 20. The third-order valence-corrected chi connectivity index (χ3v) is 8.50. The molecule has 3 fully saturated rings. The lowest BCUT2D eigenvalue weighted by Gasteiger charge is -2.48. The van der Waals surface area contributed by atoms with Crippen LogP contribution in [0.15, 0.2) is 0 Å². The number of aliphatic hydroxyl groups is 9. The summed E-state index contributed by atoms with van der Waals surface area (Å²) in [5, 5.41) is 108. The number of carbonyl (C=O) groups excluding carboxylic acids is 2. The molecule has 0 aromatic carbocycles. The average molecular weight is 755 g/mol. The number of aliphatic carboxylic acids is 1. The van der Waals surface area contributed by atoms with Gasteiger partial charge in [0.1, 0.15) is 67.1 Å². The molecular weight excluding hydrogens is 712 g/mol. The maximum Gasteiger partial charge on any atom is 0.397 e. The number of aliphatic hydroxyl groups excluding tert-OH is 9. The minimum Gasteiger partial charge on any atom is -0.477 e. The summed E-state index contributed by atoms with van der Waals surface area (Å²) < 4.78 is 62.2. The Labute approximate surface area is 283 Å². The number of carboxylic acid groups (broad SMARTS) is 1. The van der Waals surface area contributed by atoms with Crippen LogP contribution in [-0.4, -0.2) is 199 Å². The summed E-state index contributed by atoms with van der Waals surface area (Å²) in [6.45, 7) is -1.17. The fourth-order valence-electron chi connectivity index (χ4n) is 5.59. The molecule has 50 heavy (non-hydrogen) atoms. The van der Waals surface area contributed by atoms with Gasteiger partial charge in [-0.1, -0.05) is 0 Å². The Morgan fingerprint density at radius 1 is 0.880 bits per heavy atom. The standard InChI is InChI=1S/C25H42N2O22S/c1-7(29)26-13-9(31)3-25(24(39)40,49-21(13)15(33)10(32)4-28)44-5-11-17(35)20(14(22(38)46-11)27-8(2)30)48-23-19(37)18(36)16(34)12(47-23)6-45-50(41,42)43/h9-23,28,31-38H,3-6H2,1-2H3,(H,26,29)(H,27,30)(H,39,40)(H,41,42,43)/t9-,10+,11+,12+,13+,14+,15+,16-,17-,18-,19+,20+,21+,22+,23-,25+/m0/s1. The van der Waals surface area contributed by atoms with Crippen molar-refractivity contribution in [3.8, 4) is 0 Å². The smallest absolute Gasteiger partial charge is 0.397 e.